The molecular formula is C57H72. The largest absolute Gasteiger partial charge is 0.0683 e. The van der Waals surface area contributed by atoms with Crippen LogP contribution in [-0.2, 0) is 0 Å². The summed E-state index contributed by atoms with van der Waals surface area (Å²) in [5.74, 6) is 0. The molecule has 0 aromatic heterocycles. The van der Waals surface area contributed by atoms with Gasteiger partial charge in [0, 0.05) is 0 Å². The highest BCUT2D eigenvalue weighted by molar-refractivity contribution is 6.10. The zero-order valence-electron chi connectivity index (χ0n) is 38.1. The Kier molecular flexibility index (Phi) is 24.4. The van der Waals surface area contributed by atoms with Gasteiger partial charge in [0.05, 0.1) is 0 Å². The minimum atomic E-state index is 1.32. The highest BCUT2D eigenvalue weighted by Gasteiger charge is 2.03. The summed E-state index contributed by atoms with van der Waals surface area (Å²) in [5, 5.41) is 16.1. The van der Waals surface area contributed by atoms with Crippen LogP contribution >= 0.6 is 0 Å². The molecule has 0 saturated carbocycles. The molecule has 0 unspecified atom stereocenters. The molecule has 0 aliphatic rings. The summed E-state index contributed by atoms with van der Waals surface area (Å²) in [7, 11) is 0. The van der Waals surface area contributed by atoms with Crippen LogP contribution in [0.25, 0.3) is 64.6 Å². The monoisotopic (exact) mass is 757 g/mol. The molecule has 0 amide bonds. The molecule has 0 saturated heterocycles. The van der Waals surface area contributed by atoms with E-state index in [4.69, 9.17) is 0 Å². The van der Waals surface area contributed by atoms with Crippen molar-refractivity contribution in [2.75, 3.05) is 0 Å². The fraction of sp³-hybridized carbons (Fsp3) is 0.263. The van der Waals surface area contributed by atoms with Gasteiger partial charge in [-0.1, -0.05) is 252 Å². The summed E-state index contributed by atoms with van der Waals surface area (Å²) in [6.07, 6.45) is 0. The van der Waals surface area contributed by atoms with Crippen molar-refractivity contribution in [3.8, 4) is 0 Å². The van der Waals surface area contributed by atoms with E-state index in [2.05, 4.69) is 185 Å². The first kappa shape index (κ1) is 49.6. The van der Waals surface area contributed by atoms with Gasteiger partial charge in [-0.2, -0.15) is 0 Å². The normalized spacial score (nSPS) is 9.32. The van der Waals surface area contributed by atoms with Gasteiger partial charge in [-0.15, -0.1) is 0 Å². The van der Waals surface area contributed by atoms with Gasteiger partial charge in [0.1, 0.15) is 0 Å². The third-order valence-corrected chi connectivity index (χ3v) is 8.88. The molecule has 0 aliphatic carbocycles. The average Bonchev–Trinajstić information content (AvgIpc) is 3.31. The van der Waals surface area contributed by atoms with Crippen molar-refractivity contribution in [2.45, 2.75) is 104 Å². The molecule has 0 heteroatoms. The number of hydrogen-bond acceptors (Lipinski definition) is 0. The molecule has 0 aliphatic heterocycles. The molecule has 9 aromatic carbocycles. The van der Waals surface area contributed by atoms with Crippen LogP contribution in [0.2, 0.25) is 0 Å². The fourth-order valence-electron chi connectivity index (χ4n) is 6.56. The number of benzene rings is 9. The van der Waals surface area contributed by atoms with Crippen LogP contribution in [0.5, 0.6) is 0 Å². The van der Waals surface area contributed by atoms with Gasteiger partial charge >= 0.3 is 0 Å². The van der Waals surface area contributed by atoms with E-state index in [1.165, 1.54) is 81.3 Å². The number of aryl methyl sites for hydroxylation is 3. The van der Waals surface area contributed by atoms with Gasteiger partial charge in [-0.05, 0) is 96.5 Å². The molecule has 0 spiro atoms. The number of fused-ring (bicyclic) bond motifs is 9. The summed E-state index contributed by atoms with van der Waals surface area (Å²) < 4.78 is 0. The molecule has 0 fully saturated rings. The third kappa shape index (κ3) is 13.0. The molecule has 0 heterocycles. The van der Waals surface area contributed by atoms with E-state index < -0.39 is 0 Å². The summed E-state index contributed by atoms with van der Waals surface area (Å²) in [6.45, 7) is 30.5. The second-order valence-corrected chi connectivity index (χ2v) is 11.9. The lowest BCUT2D eigenvalue weighted by Crippen LogP contribution is -1.80. The Labute approximate surface area is 347 Å². The summed E-state index contributed by atoms with van der Waals surface area (Å²) in [5.41, 5.74) is 4.02. The van der Waals surface area contributed by atoms with Crippen molar-refractivity contribution >= 4 is 64.6 Å². The van der Waals surface area contributed by atoms with Crippen molar-refractivity contribution < 1.29 is 0 Å². The van der Waals surface area contributed by atoms with Crippen LogP contribution in [0, 0.1) is 20.8 Å². The molecular weight excluding hydrogens is 685 g/mol. The van der Waals surface area contributed by atoms with Crippen LogP contribution in [0.3, 0.4) is 0 Å². The first-order valence-electron chi connectivity index (χ1n) is 21.7. The predicted molar refractivity (Wildman–Crippen MR) is 267 cm³/mol. The van der Waals surface area contributed by atoms with E-state index in [-0.39, 0.29) is 0 Å². The molecule has 0 atom stereocenters. The van der Waals surface area contributed by atoms with Gasteiger partial charge in [0.2, 0.25) is 0 Å². The second-order valence-electron chi connectivity index (χ2n) is 11.9. The Bertz CT molecular complexity index is 2420. The highest BCUT2D eigenvalue weighted by atomic mass is 14.1. The van der Waals surface area contributed by atoms with Crippen LogP contribution in [-0.4, -0.2) is 0 Å². The van der Waals surface area contributed by atoms with Gasteiger partial charge < -0.3 is 0 Å². The van der Waals surface area contributed by atoms with Gasteiger partial charge in [0.15, 0.2) is 0 Å². The van der Waals surface area contributed by atoms with Gasteiger partial charge in [-0.25, -0.2) is 0 Å². The molecule has 9 rings (SSSR count). The Hall–Kier alpha value is -5.46. The molecule has 57 heavy (non-hydrogen) atoms. The second kappa shape index (κ2) is 28.0. The predicted octanol–water partition coefficient (Wildman–Crippen LogP) is 19.1. The van der Waals surface area contributed by atoms with E-state index in [1.54, 1.807) is 0 Å². The lowest BCUT2D eigenvalue weighted by molar-refractivity contribution is 1.50. The summed E-state index contributed by atoms with van der Waals surface area (Å²) in [4.78, 5) is 0. The van der Waals surface area contributed by atoms with Crippen molar-refractivity contribution in [1.29, 1.82) is 0 Å². The van der Waals surface area contributed by atoms with E-state index in [0.717, 1.165) is 0 Å². The van der Waals surface area contributed by atoms with Gasteiger partial charge in [0.25, 0.3) is 0 Å². The lowest BCUT2D eigenvalue weighted by atomic mass is 9.99. The van der Waals surface area contributed by atoms with Crippen molar-refractivity contribution in [3.63, 3.8) is 0 Å². The quantitative estimate of drug-likeness (QED) is 0.135. The smallest absolute Gasteiger partial charge is 0.00761 e. The first-order valence-corrected chi connectivity index (χ1v) is 21.7. The molecule has 0 bridgehead atoms. The zero-order chi connectivity index (χ0) is 42.8. The minimum absolute atomic E-state index is 1.32. The molecule has 0 nitrogen and oxygen atoms in total. The first-order chi connectivity index (χ1) is 28.1. The van der Waals surface area contributed by atoms with Crippen LogP contribution < -0.4 is 0 Å². The Balaban J connectivity index is 0.000000377. The van der Waals surface area contributed by atoms with Crippen molar-refractivity contribution in [1.82, 2.24) is 0 Å². The molecule has 0 radical (unpaired) electrons. The maximum Gasteiger partial charge on any atom is -0.00761 e. The topological polar surface area (TPSA) is 0 Å². The van der Waals surface area contributed by atoms with E-state index in [0.29, 0.717) is 0 Å². The number of rotatable bonds is 0. The van der Waals surface area contributed by atoms with E-state index in [1.807, 2.05) is 83.1 Å². The Morgan fingerprint density at radius 3 is 1.14 bits per heavy atom. The van der Waals surface area contributed by atoms with Crippen LogP contribution in [0.4, 0.5) is 0 Å². The van der Waals surface area contributed by atoms with Gasteiger partial charge in [-0.3, -0.25) is 0 Å². The highest BCUT2D eigenvalue weighted by Crippen LogP contribution is 2.29. The van der Waals surface area contributed by atoms with Crippen LogP contribution in [0.15, 0.2) is 164 Å². The Morgan fingerprint density at radius 1 is 0.228 bits per heavy atom. The average molecular weight is 757 g/mol. The third-order valence-electron chi connectivity index (χ3n) is 8.88. The summed E-state index contributed by atoms with van der Waals surface area (Å²) in [6, 6.07) is 58.4. The fourth-order valence-corrected chi connectivity index (χ4v) is 6.56. The minimum Gasteiger partial charge on any atom is -0.0683 e. The number of hydrogen-bond donors (Lipinski definition) is 0. The maximum absolute atomic E-state index is 2.26. The Morgan fingerprint density at radius 2 is 0.579 bits per heavy atom. The van der Waals surface area contributed by atoms with Crippen LogP contribution in [0.1, 0.15) is 99.8 Å². The van der Waals surface area contributed by atoms with E-state index in [9.17, 15) is 0 Å². The standard InChI is InChI=1S/3C15H12.6C2H6/c1-11-5-4-7-13-10-9-12-6-2-3-8-14(12)15(11)13;1-11-5-4-8-15-13(11)10-9-12-6-2-3-7-14(12)15;1-11-6-7-13-9-8-12-4-2-3-5-14(12)15(13)10-11;6*1-2/h3*2-10H,1H3;6*1-2H3. The zero-order valence-corrected chi connectivity index (χ0v) is 38.1. The molecule has 9 aromatic rings. The van der Waals surface area contributed by atoms with Crippen molar-refractivity contribution in [3.05, 3.63) is 180 Å². The molecule has 300 valence electrons. The maximum atomic E-state index is 2.26. The lowest BCUT2D eigenvalue weighted by Gasteiger charge is -2.06. The van der Waals surface area contributed by atoms with Crippen molar-refractivity contribution in [2.24, 2.45) is 0 Å². The summed E-state index contributed by atoms with van der Waals surface area (Å²) >= 11 is 0. The van der Waals surface area contributed by atoms with E-state index >= 15 is 0 Å². The molecule has 0 N–H and O–H groups in total. The SMILES string of the molecule is CC.CC.CC.CC.CC.CC.Cc1ccc2ccc3ccccc3c2c1.Cc1cccc2c1ccc1ccccc12.Cc1cccc2ccc3ccccc3c12.